The van der Waals surface area contributed by atoms with Gasteiger partial charge in [0.15, 0.2) is 6.61 Å². The first kappa shape index (κ1) is 13.2. The molecule has 1 atom stereocenters. The zero-order chi connectivity index (χ0) is 12.8. The molecule has 0 aliphatic carbocycles. The second kappa shape index (κ2) is 6.04. The summed E-state index contributed by atoms with van der Waals surface area (Å²) in [4.78, 5) is 38.7. The molecule has 1 rings (SSSR count). The number of hydrogen-bond donors (Lipinski definition) is 2. The van der Waals surface area contributed by atoms with Crippen molar-refractivity contribution in [2.45, 2.75) is 18.9 Å². The number of carboxylic acid groups (broad SMARTS) is 1. The molecule has 0 aromatic carbocycles. The Morgan fingerprint density at radius 3 is 2.76 bits per heavy atom. The molecule has 2 amide bonds. The Labute approximate surface area is 97.4 Å². The van der Waals surface area contributed by atoms with Gasteiger partial charge in [0.05, 0.1) is 7.11 Å². The molecule has 17 heavy (non-hydrogen) atoms. The van der Waals surface area contributed by atoms with E-state index in [4.69, 9.17) is 5.11 Å². The standard InChI is InChI=1S/C9H14N2O6/c1-16-8(14)6-3-2-4-11(6)9(15)10-17-5-7(12)13/h6H,2-5H2,1H3,(H,10,15)(H,12,13). The maximum absolute atomic E-state index is 11.5. The maximum atomic E-state index is 11.5. The van der Waals surface area contributed by atoms with Gasteiger partial charge in [-0.05, 0) is 12.8 Å². The minimum absolute atomic E-state index is 0.405. The van der Waals surface area contributed by atoms with Crippen molar-refractivity contribution in [2.75, 3.05) is 20.3 Å². The molecule has 1 unspecified atom stereocenters. The van der Waals surface area contributed by atoms with Gasteiger partial charge in [-0.1, -0.05) is 0 Å². The maximum Gasteiger partial charge on any atom is 0.342 e. The monoisotopic (exact) mass is 246 g/mol. The number of likely N-dealkylation sites (tertiary alicyclic amines) is 1. The van der Waals surface area contributed by atoms with Crippen molar-refractivity contribution in [1.82, 2.24) is 10.4 Å². The van der Waals surface area contributed by atoms with Gasteiger partial charge < -0.3 is 14.7 Å². The van der Waals surface area contributed by atoms with Crippen LogP contribution in [0.25, 0.3) is 0 Å². The second-order valence-corrected chi connectivity index (χ2v) is 3.46. The first-order valence-electron chi connectivity index (χ1n) is 5.04. The Kier molecular flexibility index (Phi) is 4.70. The van der Waals surface area contributed by atoms with Gasteiger partial charge in [0.1, 0.15) is 6.04 Å². The van der Waals surface area contributed by atoms with Gasteiger partial charge in [0.2, 0.25) is 0 Å². The summed E-state index contributed by atoms with van der Waals surface area (Å²) in [7, 11) is 1.25. The molecule has 0 saturated carbocycles. The lowest BCUT2D eigenvalue weighted by Crippen LogP contribution is -2.46. The predicted octanol–water partition coefficient (Wildman–Crippen LogP) is -0.650. The molecule has 1 aliphatic rings. The first-order valence-corrected chi connectivity index (χ1v) is 5.04. The van der Waals surface area contributed by atoms with Crippen molar-refractivity contribution >= 4 is 18.0 Å². The van der Waals surface area contributed by atoms with E-state index in [1.807, 2.05) is 5.48 Å². The summed E-state index contributed by atoms with van der Waals surface area (Å²) in [5.41, 5.74) is 1.96. The van der Waals surface area contributed by atoms with E-state index >= 15 is 0 Å². The Morgan fingerprint density at radius 1 is 1.47 bits per heavy atom. The quantitative estimate of drug-likeness (QED) is 0.504. The summed E-state index contributed by atoms with van der Waals surface area (Å²) in [5.74, 6) is -1.69. The fourth-order valence-corrected chi connectivity index (χ4v) is 1.61. The number of hydroxylamine groups is 1. The fraction of sp³-hybridized carbons (Fsp3) is 0.667. The average Bonchev–Trinajstić information content (AvgIpc) is 2.76. The largest absolute Gasteiger partial charge is 0.479 e. The molecule has 0 radical (unpaired) electrons. The molecule has 0 bridgehead atoms. The second-order valence-electron chi connectivity index (χ2n) is 3.46. The molecule has 1 heterocycles. The number of rotatable bonds is 4. The van der Waals surface area contributed by atoms with Crippen molar-refractivity contribution in [3.8, 4) is 0 Å². The average molecular weight is 246 g/mol. The van der Waals surface area contributed by atoms with Crippen LogP contribution in [0.2, 0.25) is 0 Å². The third kappa shape index (κ3) is 3.59. The number of carbonyl (C=O) groups excluding carboxylic acids is 2. The van der Waals surface area contributed by atoms with Crippen LogP contribution in [0.4, 0.5) is 4.79 Å². The molecule has 1 fully saturated rings. The molecule has 8 heteroatoms. The van der Waals surface area contributed by atoms with Crippen LogP contribution in [0.3, 0.4) is 0 Å². The lowest BCUT2D eigenvalue weighted by molar-refractivity contribution is -0.147. The summed E-state index contributed by atoms with van der Waals surface area (Å²) < 4.78 is 4.56. The van der Waals surface area contributed by atoms with Crippen LogP contribution in [0.1, 0.15) is 12.8 Å². The van der Waals surface area contributed by atoms with E-state index in [-0.39, 0.29) is 0 Å². The SMILES string of the molecule is COC(=O)C1CCCN1C(=O)NOCC(=O)O. The predicted molar refractivity (Wildman–Crippen MR) is 53.9 cm³/mol. The number of urea groups is 1. The van der Waals surface area contributed by atoms with Crippen molar-refractivity contribution < 1.29 is 29.1 Å². The van der Waals surface area contributed by atoms with Gasteiger partial charge in [0.25, 0.3) is 0 Å². The Morgan fingerprint density at radius 2 is 2.18 bits per heavy atom. The highest BCUT2D eigenvalue weighted by Gasteiger charge is 2.35. The Bertz CT molecular complexity index is 319. The number of methoxy groups -OCH3 is 1. The van der Waals surface area contributed by atoms with Crippen molar-refractivity contribution in [3.63, 3.8) is 0 Å². The van der Waals surface area contributed by atoms with E-state index in [9.17, 15) is 14.4 Å². The minimum Gasteiger partial charge on any atom is -0.479 e. The number of aliphatic carboxylic acids is 1. The van der Waals surface area contributed by atoms with E-state index in [1.165, 1.54) is 12.0 Å². The van der Waals surface area contributed by atoms with Crippen LogP contribution in [0.15, 0.2) is 0 Å². The highest BCUT2D eigenvalue weighted by Crippen LogP contribution is 2.18. The molecule has 0 aromatic heterocycles. The summed E-state index contributed by atoms with van der Waals surface area (Å²) in [5, 5.41) is 8.31. The van der Waals surface area contributed by atoms with E-state index in [0.717, 1.165) is 0 Å². The van der Waals surface area contributed by atoms with E-state index in [1.54, 1.807) is 0 Å². The van der Waals surface area contributed by atoms with Crippen LogP contribution >= 0.6 is 0 Å². The lowest BCUT2D eigenvalue weighted by atomic mass is 10.2. The molecule has 2 N–H and O–H groups in total. The number of esters is 1. The minimum atomic E-state index is -1.20. The Hall–Kier alpha value is -1.83. The number of amides is 2. The summed E-state index contributed by atoms with van der Waals surface area (Å²) in [6.07, 6.45) is 1.21. The molecular weight excluding hydrogens is 232 g/mol. The number of carboxylic acids is 1. The Balaban J connectivity index is 2.44. The molecule has 1 saturated heterocycles. The smallest absolute Gasteiger partial charge is 0.342 e. The van der Waals surface area contributed by atoms with Gasteiger partial charge in [0, 0.05) is 6.54 Å². The summed E-state index contributed by atoms with van der Waals surface area (Å²) in [6.45, 7) is -0.232. The third-order valence-corrected chi connectivity index (χ3v) is 2.34. The molecule has 0 aromatic rings. The third-order valence-electron chi connectivity index (χ3n) is 2.34. The van der Waals surface area contributed by atoms with E-state index < -0.39 is 30.6 Å². The highest BCUT2D eigenvalue weighted by atomic mass is 16.7. The summed E-state index contributed by atoms with van der Waals surface area (Å²) >= 11 is 0. The number of carbonyl (C=O) groups is 3. The lowest BCUT2D eigenvalue weighted by Gasteiger charge is -2.22. The number of ether oxygens (including phenoxy) is 1. The van der Waals surface area contributed by atoms with Gasteiger partial charge in [-0.2, -0.15) is 0 Å². The molecule has 96 valence electrons. The van der Waals surface area contributed by atoms with Crippen LogP contribution in [-0.4, -0.2) is 54.3 Å². The molecular formula is C9H14N2O6. The molecule has 1 aliphatic heterocycles. The van der Waals surface area contributed by atoms with Crippen LogP contribution in [0.5, 0.6) is 0 Å². The molecule has 0 spiro atoms. The van der Waals surface area contributed by atoms with Gasteiger partial charge in [-0.15, -0.1) is 0 Å². The van der Waals surface area contributed by atoms with Crippen LogP contribution in [0, 0.1) is 0 Å². The number of hydrogen-bond acceptors (Lipinski definition) is 5. The number of nitrogens with one attached hydrogen (secondary N) is 1. The first-order chi connectivity index (χ1) is 8.06. The van der Waals surface area contributed by atoms with Crippen molar-refractivity contribution in [3.05, 3.63) is 0 Å². The molecule has 8 nitrogen and oxygen atoms in total. The number of nitrogens with zero attached hydrogens (tertiary/aromatic N) is 1. The normalized spacial score (nSPS) is 18.9. The van der Waals surface area contributed by atoms with Crippen molar-refractivity contribution in [1.29, 1.82) is 0 Å². The van der Waals surface area contributed by atoms with Crippen LogP contribution < -0.4 is 5.48 Å². The zero-order valence-electron chi connectivity index (χ0n) is 9.34. The highest BCUT2D eigenvalue weighted by molar-refractivity contribution is 5.83. The van der Waals surface area contributed by atoms with Crippen molar-refractivity contribution in [2.24, 2.45) is 0 Å². The summed E-state index contributed by atoms with van der Waals surface area (Å²) in [6, 6.07) is -1.27. The van der Waals surface area contributed by atoms with Crippen LogP contribution in [-0.2, 0) is 19.2 Å². The van der Waals surface area contributed by atoms with E-state index in [0.29, 0.717) is 19.4 Å². The zero-order valence-corrected chi connectivity index (χ0v) is 9.34. The van der Waals surface area contributed by atoms with Gasteiger partial charge in [-0.25, -0.2) is 19.9 Å². The van der Waals surface area contributed by atoms with E-state index in [2.05, 4.69) is 9.57 Å². The van der Waals surface area contributed by atoms with Gasteiger partial charge >= 0.3 is 18.0 Å². The fourth-order valence-electron chi connectivity index (χ4n) is 1.61. The topological polar surface area (TPSA) is 105 Å². The van der Waals surface area contributed by atoms with Gasteiger partial charge in [-0.3, -0.25) is 4.84 Å².